The molecule has 1 N–H and O–H groups in total. The Morgan fingerprint density at radius 2 is 1.88 bits per heavy atom. The summed E-state index contributed by atoms with van der Waals surface area (Å²) in [6.07, 6.45) is 7.71. The van der Waals surface area contributed by atoms with Crippen LogP contribution in [0.3, 0.4) is 0 Å². The van der Waals surface area contributed by atoms with Gasteiger partial charge in [0.05, 0.1) is 0 Å². The molecule has 0 aliphatic rings. The van der Waals surface area contributed by atoms with Crippen LogP contribution in [0.1, 0.15) is 30.4 Å². The second kappa shape index (κ2) is 8.71. The number of aliphatic imine (C=N–C) groups is 1. The maximum Gasteiger partial charge on any atom is 0.0431 e. The third kappa shape index (κ3) is 6.03. The molecule has 1 aromatic carbocycles. The number of benzene rings is 1. The molecule has 1 aromatic rings. The van der Waals surface area contributed by atoms with Crippen molar-refractivity contribution in [2.75, 3.05) is 13.2 Å². The standard InChI is InChI=1S/C15H21NO/c1-2-6-14-7-9-15(10-8-14)13-16-11-4-3-5-12-17/h2,7-10,13,17H,1,3-6,11-12H2. The van der Waals surface area contributed by atoms with E-state index in [0.29, 0.717) is 0 Å². The minimum absolute atomic E-state index is 0.286. The van der Waals surface area contributed by atoms with E-state index >= 15 is 0 Å². The van der Waals surface area contributed by atoms with Gasteiger partial charge in [-0.05, 0) is 36.8 Å². The number of nitrogens with zero attached hydrogens (tertiary/aromatic N) is 1. The predicted molar refractivity (Wildman–Crippen MR) is 73.7 cm³/mol. The van der Waals surface area contributed by atoms with Gasteiger partial charge in [-0.3, -0.25) is 4.99 Å². The Labute approximate surface area is 104 Å². The summed E-state index contributed by atoms with van der Waals surface area (Å²) in [4.78, 5) is 4.36. The van der Waals surface area contributed by atoms with Crippen LogP contribution in [-0.4, -0.2) is 24.5 Å². The second-order valence-corrected chi connectivity index (χ2v) is 4.05. The molecule has 0 aliphatic heterocycles. The van der Waals surface area contributed by atoms with Crippen molar-refractivity contribution in [1.29, 1.82) is 0 Å². The average molecular weight is 231 g/mol. The third-order valence-corrected chi connectivity index (χ3v) is 2.55. The van der Waals surface area contributed by atoms with Gasteiger partial charge in [0.15, 0.2) is 0 Å². The van der Waals surface area contributed by atoms with Crippen molar-refractivity contribution in [3.63, 3.8) is 0 Å². The summed E-state index contributed by atoms with van der Waals surface area (Å²) in [7, 11) is 0. The van der Waals surface area contributed by atoms with Crippen LogP contribution in [0.25, 0.3) is 0 Å². The van der Waals surface area contributed by atoms with Crippen molar-refractivity contribution in [3.05, 3.63) is 48.0 Å². The Morgan fingerprint density at radius 1 is 1.12 bits per heavy atom. The van der Waals surface area contributed by atoms with E-state index in [0.717, 1.165) is 37.8 Å². The summed E-state index contributed by atoms with van der Waals surface area (Å²) in [6, 6.07) is 8.37. The summed E-state index contributed by atoms with van der Waals surface area (Å²) < 4.78 is 0. The maximum atomic E-state index is 8.63. The highest BCUT2D eigenvalue weighted by molar-refractivity contribution is 5.79. The highest BCUT2D eigenvalue weighted by Gasteiger charge is 1.90. The molecule has 0 fully saturated rings. The van der Waals surface area contributed by atoms with E-state index < -0.39 is 0 Å². The van der Waals surface area contributed by atoms with Gasteiger partial charge in [0.25, 0.3) is 0 Å². The monoisotopic (exact) mass is 231 g/mol. The third-order valence-electron chi connectivity index (χ3n) is 2.55. The lowest BCUT2D eigenvalue weighted by atomic mass is 10.1. The molecule has 1 rings (SSSR count). The molecule has 0 atom stereocenters. The normalized spacial score (nSPS) is 10.9. The largest absolute Gasteiger partial charge is 0.396 e. The fourth-order valence-electron chi connectivity index (χ4n) is 1.57. The molecule has 0 aliphatic carbocycles. The zero-order valence-electron chi connectivity index (χ0n) is 10.3. The number of aliphatic hydroxyl groups is 1. The SMILES string of the molecule is C=CCc1ccc(C=NCCCCCO)cc1. The Balaban J connectivity index is 2.30. The summed E-state index contributed by atoms with van der Waals surface area (Å²) in [5, 5.41) is 8.63. The zero-order valence-corrected chi connectivity index (χ0v) is 10.3. The lowest BCUT2D eigenvalue weighted by Crippen LogP contribution is -1.88. The van der Waals surface area contributed by atoms with Gasteiger partial charge in [-0.2, -0.15) is 0 Å². The molecule has 0 saturated carbocycles. The first-order chi connectivity index (χ1) is 8.36. The molecule has 92 valence electrons. The Morgan fingerprint density at radius 3 is 2.53 bits per heavy atom. The highest BCUT2D eigenvalue weighted by atomic mass is 16.2. The van der Waals surface area contributed by atoms with Crippen LogP contribution >= 0.6 is 0 Å². The van der Waals surface area contributed by atoms with Gasteiger partial charge in [-0.25, -0.2) is 0 Å². The summed E-state index contributed by atoms with van der Waals surface area (Å²) in [5.74, 6) is 0. The van der Waals surface area contributed by atoms with Crippen LogP contribution in [0.5, 0.6) is 0 Å². The first-order valence-corrected chi connectivity index (χ1v) is 6.17. The van der Waals surface area contributed by atoms with Gasteiger partial charge in [0.1, 0.15) is 0 Å². The number of hydrogen-bond donors (Lipinski definition) is 1. The van der Waals surface area contributed by atoms with Crippen LogP contribution < -0.4 is 0 Å². The van der Waals surface area contributed by atoms with Crippen molar-refractivity contribution in [1.82, 2.24) is 0 Å². The molecular formula is C15H21NO. The summed E-state index contributed by atoms with van der Waals surface area (Å²) >= 11 is 0. The van der Waals surface area contributed by atoms with Gasteiger partial charge in [0.2, 0.25) is 0 Å². The number of aliphatic hydroxyl groups excluding tert-OH is 1. The van der Waals surface area contributed by atoms with Crippen LogP contribution in [-0.2, 0) is 6.42 Å². The van der Waals surface area contributed by atoms with E-state index in [1.54, 1.807) is 0 Å². The van der Waals surface area contributed by atoms with E-state index in [1.165, 1.54) is 5.56 Å². The van der Waals surface area contributed by atoms with Crippen LogP contribution in [0.15, 0.2) is 41.9 Å². The number of allylic oxidation sites excluding steroid dienone is 1. The molecule has 0 spiro atoms. The molecule has 0 radical (unpaired) electrons. The average Bonchev–Trinajstić information content (AvgIpc) is 2.36. The van der Waals surface area contributed by atoms with E-state index in [4.69, 9.17) is 5.11 Å². The molecule has 0 heterocycles. The van der Waals surface area contributed by atoms with Gasteiger partial charge in [0, 0.05) is 19.4 Å². The van der Waals surface area contributed by atoms with E-state index in [2.05, 4.69) is 35.8 Å². The van der Waals surface area contributed by atoms with Gasteiger partial charge < -0.3 is 5.11 Å². The predicted octanol–water partition coefficient (Wildman–Crippen LogP) is 3.00. The van der Waals surface area contributed by atoms with Crippen LogP contribution in [0.4, 0.5) is 0 Å². The summed E-state index contributed by atoms with van der Waals surface area (Å²) in [6.45, 7) is 4.85. The van der Waals surface area contributed by atoms with E-state index in [1.807, 2.05) is 12.3 Å². The first kappa shape index (κ1) is 13.7. The smallest absolute Gasteiger partial charge is 0.0431 e. The van der Waals surface area contributed by atoms with E-state index in [-0.39, 0.29) is 6.61 Å². The second-order valence-electron chi connectivity index (χ2n) is 4.05. The van der Waals surface area contributed by atoms with Gasteiger partial charge in [-0.15, -0.1) is 6.58 Å². The molecule has 2 heteroatoms. The van der Waals surface area contributed by atoms with Crippen molar-refractivity contribution < 1.29 is 5.11 Å². The molecule has 0 bridgehead atoms. The molecule has 2 nitrogen and oxygen atoms in total. The lowest BCUT2D eigenvalue weighted by molar-refractivity contribution is 0.283. The fraction of sp³-hybridized carbons (Fsp3) is 0.400. The molecule has 0 saturated heterocycles. The van der Waals surface area contributed by atoms with Crippen molar-refractivity contribution in [2.45, 2.75) is 25.7 Å². The number of unbranched alkanes of at least 4 members (excludes halogenated alkanes) is 2. The Hall–Kier alpha value is -1.41. The van der Waals surface area contributed by atoms with E-state index in [9.17, 15) is 0 Å². The lowest BCUT2D eigenvalue weighted by Gasteiger charge is -1.98. The maximum absolute atomic E-state index is 8.63. The fourth-order valence-corrected chi connectivity index (χ4v) is 1.57. The molecule has 17 heavy (non-hydrogen) atoms. The Bertz CT molecular complexity index is 340. The minimum Gasteiger partial charge on any atom is -0.396 e. The molecular weight excluding hydrogens is 210 g/mol. The van der Waals surface area contributed by atoms with Crippen LogP contribution in [0.2, 0.25) is 0 Å². The van der Waals surface area contributed by atoms with Gasteiger partial charge in [-0.1, -0.05) is 30.3 Å². The zero-order chi connectivity index (χ0) is 12.3. The van der Waals surface area contributed by atoms with Crippen molar-refractivity contribution in [2.24, 2.45) is 4.99 Å². The first-order valence-electron chi connectivity index (χ1n) is 6.17. The molecule has 0 unspecified atom stereocenters. The highest BCUT2D eigenvalue weighted by Crippen LogP contribution is 2.04. The van der Waals surface area contributed by atoms with Crippen LogP contribution in [0, 0.1) is 0 Å². The minimum atomic E-state index is 0.286. The van der Waals surface area contributed by atoms with Crippen molar-refractivity contribution >= 4 is 6.21 Å². The van der Waals surface area contributed by atoms with Gasteiger partial charge >= 0.3 is 0 Å². The topological polar surface area (TPSA) is 32.6 Å². The quantitative estimate of drug-likeness (QED) is 0.416. The number of hydrogen-bond acceptors (Lipinski definition) is 2. The van der Waals surface area contributed by atoms with Crippen molar-refractivity contribution in [3.8, 4) is 0 Å². The number of rotatable bonds is 8. The Kier molecular flexibility index (Phi) is 6.99. The molecule has 0 amide bonds. The summed E-state index contributed by atoms with van der Waals surface area (Å²) in [5.41, 5.74) is 2.42. The molecule has 0 aromatic heterocycles.